The number of aromatic nitrogens is 4. The molecule has 0 aliphatic carbocycles. The highest BCUT2D eigenvalue weighted by Crippen LogP contribution is 2.25. The minimum absolute atomic E-state index is 0.148. The number of ether oxygens (including phenoxy) is 1. The Morgan fingerprint density at radius 2 is 2.09 bits per heavy atom. The Balaban J connectivity index is 2.12. The van der Waals surface area contributed by atoms with Gasteiger partial charge in [0.1, 0.15) is 17.9 Å². The SMILES string of the molecule is Cc1nc2ncn(-c3cccc(OC(F)(F)F)c3)c2c(=O)[nH]1. The number of hydrogen-bond donors (Lipinski definition) is 1. The lowest BCUT2D eigenvalue weighted by Gasteiger charge is -2.10. The molecule has 0 atom stereocenters. The van der Waals surface area contributed by atoms with E-state index in [4.69, 9.17) is 0 Å². The summed E-state index contributed by atoms with van der Waals surface area (Å²) in [6.45, 7) is 1.61. The van der Waals surface area contributed by atoms with Gasteiger partial charge in [-0.05, 0) is 19.1 Å². The third-order valence-corrected chi connectivity index (χ3v) is 2.86. The molecule has 3 aromatic rings. The summed E-state index contributed by atoms with van der Waals surface area (Å²) in [5, 5.41) is 0. The van der Waals surface area contributed by atoms with Crippen molar-refractivity contribution >= 4 is 11.2 Å². The van der Waals surface area contributed by atoms with Crippen LogP contribution in [-0.4, -0.2) is 25.9 Å². The predicted octanol–water partition coefficient (Wildman–Crippen LogP) is 2.32. The number of fused-ring (bicyclic) bond motifs is 1. The molecule has 2 heterocycles. The number of aromatic amines is 1. The number of halogens is 3. The van der Waals surface area contributed by atoms with Crippen molar-refractivity contribution in [3.63, 3.8) is 0 Å². The number of H-pyrrole nitrogens is 1. The summed E-state index contributed by atoms with van der Waals surface area (Å²) in [5.74, 6) is 0.0141. The molecule has 0 spiro atoms. The maximum Gasteiger partial charge on any atom is 0.573 e. The van der Waals surface area contributed by atoms with Crippen molar-refractivity contribution in [3.05, 3.63) is 46.8 Å². The van der Waals surface area contributed by atoms with Crippen molar-refractivity contribution in [2.45, 2.75) is 13.3 Å². The van der Waals surface area contributed by atoms with E-state index in [1.54, 1.807) is 6.92 Å². The van der Waals surface area contributed by atoms with Crippen LogP contribution in [0.2, 0.25) is 0 Å². The summed E-state index contributed by atoms with van der Waals surface area (Å²) >= 11 is 0. The van der Waals surface area contributed by atoms with Crippen LogP contribution in [0.15, 0.2) is 35.4 Å². The van der Waals surface area contributed by atoms with Gasteiger partial charge in [0.05, 0.1) is 5.69 Å². The maximum absolute atomic E-state index is 12.3. The summed E-state index contributed by atoms with van der Waals surface area (Å²) in [4.78, 5) is 22.6. The molecule has 0 amide bonds. The minimum atomic E-state index is -4.79. The molecule has 9 heteroatoms. The zero-order valence-electron chi connectivity index (χ0n) is 11.2. The Hall–Kier alpha value is -2.84. The molecule has 0 radical (unpaired) electrons. The van der Waals surface area contributed by atoms with Gasteiger partial charge in [-0.3, -0.25) is 9.36 Å². The normalized spacial score (nSPS) is 11.8. The van der Waals surface area contributed by atoms with Gasteiger partial charge in [-0.25, -0.2) is 9.97 Å². The third kappa shape index (κ3) is 2.65. The van der Waals surface area contributed by atoms with E-state index in [1.807, 2.05) is 0 Å². The van der Waals surface area contributed by atoms with Gasteiger partial charge in [-0.1, -0.05) is 6.07 Å². The van der Waals surface area contributed by atoms with Crippen molar-refractivity contribution in [2.24, 2.45) is 0 Å². The number of hydrogen-bond acceptors (Lipinski definition) is 4. The van der Waals surface area contributed by atoms with Crippen LogP contribution in [0.25, 0.3) is 16.9 Å². The first-order valence-electron chi connectivity index (χ1n) is 6.14. The largest absolute Gasteiger partial charge is 0.573 e. The summed E-state index contributed by atoms with van der Waals surface area (Å²) < 4.78 is 42.0. The number of benzene rings is 1. The van der Waals surface area contributed by atoms with Gasteiger partial charge in [-0.2, -0.15) is 0 Å². The molecule has 1 aromatic carbocycles. The fourth-order valence-electron chi connectivity index (χ4n) is 2.07. The molecule has 0 saturated heterocycles. The molecular weight excluding hydrogens is 301 g/mol. The minimum Gasteiger partial charge on any atom is -0.406 e. The van der Waals surface area contributed by atoms with Crippen LogP contribution in [0.3, 0.4) is 0 Å². The average Bonchev–Trinajstić information content (AvgIpc) is 2.80. The molecule has 1 N–H and O–H groups in total. The lowest BCUT2D eigenvalue weighted by molar-refractivity contribution is -0.274. The fourth-order valence-corrected chi connectivity index (χ4v) is 2.07. The lowest BCUT2D eigenvalue weighted by Crippen LogP contribution is -2.17. The molecule has 0 aliphatic heterocycles. The Kier molecular flexibility index (Phi) is 3.12. The molecule has 2 aromatic heterocycles. The molecule has 0 saturated carbocycles. The van der Waals surface area contributed by atoms with Crippen LogP contribution >= 0.6 is 0 Å². The van der Waals surface area contributed by atoms with Gasteiger partial charge in [0.25, 0.3) is 5.56 Å². The zero-order chi connectivity index (χ0) is 15.9. The van der Waals surface area contributed by atoms with Crippen LogP contribution in [0, 0.1) is 6.92 Å². The number of nitrogens with zero attached hydrogens (tertiary/aromatic N) is 3. The number of nitrogens with one attached hydrogen (secondary N) is 1. The molecule has 0 fully saturated rings. The van der Waals surface area contributed by atoms with Gasteiger partial charge in [0.15, 0.2) is 11.2 Å². The predicted molar refractivity (Wildman–Crippen MR) is 70.9 cm³/mol. The lowest BCUT2D eigenvalue weighted by atomic mass is 10.3. The Bertz CT molecular complexity index is 898. The van der Waals surface area contributed by atoms with Crippen molar-refractivity contribution < 1.29 is 17.9 Å². The van der Waals surface area contributed by atoms with Crippen molar-refractivity contribution in [1.29, 1.82) is 0 Å². The van der Waals surface area contributed by atoms with E-state index in [0.29, 0.717) is 11.5 Å². The standard InChI is InChI=1S/C13H9F3N4O2/c1-7-18-11-10(12(21)19-7)20(6-17-11)8-3-2-4-9(5-8)22-13(14,15)16/h2-6H,1H3,(H,18,19,21). The van der Waals surface area contributed by atoms with Gasteiger partial charge >= 0.3 is 6.36 Å². The van der Waals surface area contributed by atoms with Crippen molar-refractivity contribution in [3.8, 4) is 11.4 Å². The van der Waals surface area contributed by atoms with Crippen LogP contribution < -0.4 is 10.3 Å². The number of aryl methyl sites for hydroxylation is 1. The highest BCUT2D eigenvalue weighted by atomic mass is 19.4. The molecule has 0 unspecified atom stereocenters. The number of alkyl halides is 3. The Labute approximate surface area is 121 Å². The Morgan fingerprint density at radius 3 is 2.82 bits per heavy atom. The van der Waals surface area contributed by atoms with Gasteiger partial charge < -0.3 is 9.72 Å². The first kappa shape index (κ1) is 14.1. The average molecular weight is 310 g/mol. The second kappa shape index (κ2) is 4.86. The smallest absolute Gasteiger partial charge is 0.406 e. The first-order chi connectivity index (χ1) is 10.3. The zero-order valence-corrected chi connectivity index (χ0v) is 11.2. The molecular formula is C13H9F3N4O2. The second-order valence-electron chi connectivity index (χ2n) is 4.48. The van der Waals surface area contributed by atoms with E-state index in [9.17, 15) is 18.0 Å². The summed E-state index contributed by atoms with van der Waals surface area (Å²) in [5.41, 5.74) is 0.237. The molecule has 114 valence electrons. The van der Waals surface area contributed by atoms with E-state index >= 15 is 0 Å². The maximum atomic E-state index is 12.3. The second-order valence-corrected chi connectivity index (χ2v) is 4.48. The van der Waals surface area contributed by atoms with E-state index in [0.717, 1.165) is 6.07 Å². The number of imidazole rings is 1. The molecule has 6 nitrogen and oxygen atoms in total. The summed E-state index contributed by atoms with van der Waals surface area (Å²) in [6, 6.07) is 5.25. The number of rotatable bonds is 2. The van der Waals surface area contributed by atoms with E-state index < -0.39 is 11.9 Å². The summed E-state index contributed by atoms with van der Waals surface area (Å²) in [6.07, 6.45) is -3.47. The van der Waals surface area contributed by atoms with E-state index in [-0.39, 0.29) is 16.9 Å². The third-order valence-electron chi connectivity index (χ3n) is 2.86. The van der Waals surface area contributed by atoms with Crippen LogP contribution in [0.5, 0.6) is 5.75 Å². The van der Waals surface area contributed by atoms with E-state index in [1.165, 1.54) is 29.1 Å². The Morgan fingerprint density at radius 1 is 1.32 bits per heavy atom. The molecule has 0 aliphatic rings. The first-order valence-corrected chi connectivity index (χ1v) is 6.14. The van der Waals surface area contributed by atoms with Crippen LogP contribution in [0.4, 0.5) is 13.2 Å². The van der Waals surface area contributed by atoms with Crippen molar-refractivity contribution in [1.82, 2.24) is 19.5 Å². The molecule has 22 heavy (non-hydrogen) atoms. The quantitative estimate of drug-likeness (QED) is 0.788. The highest BCUT2D eigenvalue weighted by Gasteiger charge is 2.31. The van der Waals surface area contributed by atoms with Crippen molar-refractivity contribution in [2.75, 3.05) is 0 Å². The van der Waals surface area contributed by atoms with Crippen LogP contribution in [-0.2, 0) is 0 Å². The summed E-state index contributed by atoms with van der Waals surface area (Å²) in [7, 11) is 0. The topological polar surface area (TPSA) is 72.8 Å². The van der Waals surface area contributed by atoms with Crippen LogP contribution in [0.1, 0.15) is 5.82 Å². The van der Waals surface area contributed by atoms with Gasteiger partial charge in [-0.15, -0.1) is 13.2 Å². The fraction of sp³-hybridized carbons (Fsp3) is 0.154. The monoisotopic (exact) mass is 310 g/mol. The van der Waals surface area contributed by atoms with Gasteiger partial charge in [0, 0.05) is 6.07 Å². The molecule has 3 rings (SSSR count). The van der Waals surface area contributed by atoms with Gasteiger partial charge in [0.2, 0.25) is 0 Å². The molecule has 0 bridgehead atoms. The van der Waals surface area contributed by atoms with E-state index in [2.05, 4.69) is 19.7 Å². The highest BCUT2D eigenvalue weighted by molar-refractivity contribution is 5.72.